The third-order valence-electron chi connectivity index (χ3n) is 4.11. The summed E-state index contributed by atoms with van der Waals surface area (Å²) < 4.78 is 24.5. The molecule has 150 valence electrons. The van der Waals surface area contributed by atoms with E-state index < -0.39 is 15.7 Å². The molecule has 3 rings (SSSR count). The molecular formula is C21H20N2O4S2. The predicted octanol–water partition coefficient (Wildman–Crippen LogP) is 4.11. The van der Waals surface area contributed by atoms with Crippen LogP contribution in [0, 0.1) is 6.92 Å². The molecule has 0 aliphatic rings. The van der Waals surface area contributed by atoms with Crippen LogP contribution in [0.3, 0.4) is 0 Å². The molecule has 0 bridgehead atoms. The maximum Gasteiger partial charge on any atom is 0.255 e. The van der Waals surface area contributed by atoms with Gasteiger partial charge in [0.05, 0.1) is 5.75 Å². The number of hydrogen-bond acceptors (Lipinski definition) is 5. The highest BCUT2D eigenvalue weighted by molar-refractivity contribution is 7.93. The topological polar surface area (TPSA) is 92.3 Å². The van der Waals surface area contributed by atoms with E-state index in [0.717, 1.165) is 16.9 Å². The summed E-state index contributed by atoms with van der Waals surface area (Å²) in [5, 5.41) is 7.15. The van der Waals surface area contributed by atoms with Gasteiger partial charge in [0.25, 0.3) is 5.91 Å². The first-order valence-electron chi connectivity index (χ1n) is 8.88. The molecule has 8 heteroatoms. The van der Waals surface area contributed by atoms with Crippen molar-refractivity contribution in [1.82, 2.24) is 0 Å². The molecule has 0 unspecified atom stereocenters. The van der Waals surface area contributed by atoms with Gasteiger partial charge in [-0.1, -0.05) is 18.2 Å². The Balaban J connectivity index is 1.54. The van der Waals surface area contributed by atoms with E-state index in [2.05, 4.69) is 10.6 Å². The summed E-state index contributed by atoms with van der Waals surface area (Å²) >= 11 is 1.13. The van der Waals surface area contributed by atoms with Crippen molar-refractivity contribution < 1.29 is 18.0 Å². The van der Waals surface area contributed by atoms with Crippen LogP contribution in [0.4, 0.5) is 11.4 Å². The predicted molar refractivity (Wildman–Crippen MR) is 115 cm³/mol. The molecule has 2 amide bonds. The number of rotatable bonds is 7. The number of thiophene rings is 1. The number of anilines is 2. The quantitative estimate of drug-likeness (QED) is 0.592. The zero-order chi connectivity index (χ0) is 20.9. The highest BCUT2D eigenvalue weighted by Gasteiger charge is 2.17. The summed E-state index contributed by atoms with van der Waals surface area (Å²) in [6.45, 7) is 1.94. The van der Waals surface area contributed by atoms with E-state index in [0.29, 0.717) is 16.9 Å². The number of hydrogen-bond donors (Lipinski definition) is 2. The summed E-state index contributed by atoms with van der Waals surface area (Å²) in [5.74, 6) is -0.909. The lowest BCUT2D eigenvalue weighted by Gasteiger charge is -2.08. The molecule has 1 heterocycles. The van der Waals surface area contributed by atoms with Gasteiger partial charge < -0.3 is 10.6 Å². The lowest BCUT2D eigenvalue weighted by Crippen LogP contribution is -2.17. The smallest absolute Gasteiger partial charge is 0.255 e. The van der Waals surface area contributed by atoms with E-state index >= 15 is 0 Å². The molecule has 0 saturated heterocycles. The van der Waals surface area contributed by atoms with Crippen molar-refractivity contribution in [2.24, 2.45) is 0 Å². The fourth-order valence-electron chi connectivity index (χ4n) is 2.62. The fourth-order valence-corrected chi connectivity index (χ4v) is 5.02. The number of nitrogens with one attached hydrogen (secondary N) is 2. The zero-order valence-corrected chi connectivity index (χ0v) is 17.3. The lowest BCUT2D eigenvalue weighted by molar-refractivity contribution is -0.115. The first-order chi connectivity index (χ1) is 13.8. The van der Waals surface area contributed by atoms with Gasteiger partial charge in [-0.15, -0.1) is 11.3 Å². The number of aryl methyl sites for hydroxylation is 1. The molecule has 6 nitrogen and oxygen atoms in total. The van der Waals surface area contributed by atoms with Gasteiger partial charge in [0.2, 0.25) is 5.91 Å². The minimum Gasteiger partial charge on any atom is -0.326 e. The van der Waals surface area contributed by atoms with Crippen molar-refractivity contribution in [1.29, 1.82) is 0 Å². The highest BCUT2D eigenvalue weighted by atomic mass is 32.2. The van der Waals surface area contributed by atoms with Crippen molar-refractivity contribution in [2.45, 2.75) is 17.6 Å². The normalized spacial score (nSPS) is 11.1. The standard InChI is InChI=1S/C21H20N2O4S2/c1-15-4-2-5-18(14-15)23-21(25)16-7-9-17(10-8-16)22-19(24)11-13-29(26,27)20-6-3-12-28-20/h2-10,12,14H,11,13H2,1H3,(H,22,24)(H,23,25). The average Bonchev–Trinajstić information content (AvgIpc) is 3.23. The molecule has 0 atom stereocenters. The van der Waals surface area contributed by atoms with Gasteiger partial charge in [-0.2, -0.15) is 0 Å². The summed E-state index contributed by atoms with van der Waals surface area (Å²) in [5.41, 5.74) is 2.70. The van der Waals surface area contributed by atoms with Gasteiger partial charge in [-0.25, -0.2) is 8.42 Å². The van der Waals surface area contributed by atoms with E-state index in [-0.39, 0.29) is 22.3 Å². The zero-order valence-electron chi connectivity index (χ0n) is 15.7. The summed E-state index contributed by atoms with van der Waals surface area (Å²) in [7, 11) is -3.45. The van der Waals surface area contributed by atoms with Crippen molar-refractivity contribution in [3.05, 3.63) is 77.2 Å². The minimum absolute atomic E-state index is 0.143. The first-order valence-corrected chi connectivity index (χ1v) is 11.4. The molecule has 0 radical (unpaired) electrons. The Morgan fingerprint density at radius 1 is 0.931 bits per heavy atom. The van der Waals surface area contributed by atoms with Gasteiger partial charge >= 0.3 is 0 Å². The Hall–Kier alpha value is -2.97. The van der Waals surface area contributed by atoms with Crippen LogP contribution in [-0.2, 0) is 14.6 Å². The van der Waals surface area contributed by atoms with Crippen molar-refractivity contribution in [3.8, 4) is 0 Å². The SMILES string of the molecule is Cc1cccc(NC(=O)c2ccc(NC(=O)CCS(=O)(=O)c3cccs3)cc2)c1. The van der Waals surface area contributed by atoms with Gasteiger partial charge in [0, 0.05) is 23.4 Å². The summed E-state index contributed by atoms with van der Waals surface area (Å²) in [6, 6.07) is 17.1. The molecule has 3 aromatic rings. The molecule has 1 aromatic heterocycles. The monoisotopic (exact) mass is 428 g/mol. The van der Waals surface area contributed by atoms with Crippen LogP contribution in [0.15, 0.2) is 70.3 Å². The third-order valence-corrected chi connectivity index (χ3v) is 7.31. The van der Waals surface area contributed by atoms with E-state index in [1.807, 2.05) is 31.2 Å². The summed E-state index contributed by atoms with van der Waals surface area (Å²) in [4.78, 5) is 24.4. The molecule has 0 aliphatic heterocycles. The number of amides is 2. The van der Waals surface area contributed by atoms with Crippen molar-refractivity contribution in [2.75, 3.05) is 16.4 Å². The first kappa shape index (κ1) is 20.8. The lowest BCUT2D eigenvalue weighted by atomic mass is 10.1. The highest BCUT2D eigenvalue weighted by Crippen LogP contribution is 2.19. The second-order valence-electron chi connectivity index (χ2n) is 6.45. The van der Waals surface area contributed by atoms with E-state index in [1.54, 1.807) is 35.7 Å². The average molecular weight is 429 g/mol. The van der Waals surface area contributed by atoms with Gasteiger partial charge in [0.1, 0.15) is 4.21 Å². The van der Waals surface area contributed by atoms with Crippen LogP contribution in [0.1, 0.15) is 22.3 Å². The molecule has 2 N–H and O–H groups in total. The number of carbonyl (C=O) groups is 2. The van der Waals surface area contributed by atoms with Crippen molar-refractivity contribution in [3.63, 3.8) is 0 Å². The molecular weight excluding hydrogens is 408 g/mol. The molecule has 29 heavy (non-hydrogen) atoms. The molecule has 2 aromatic carbocycles. The number of sulfone groups is 1. The van der Waals surface area contributed by atoms with E-state index in [4.69, 9.17) is 0 Å². The maximum absolute atomic E-state index is 12.3. The Morgan fingerprint density at radius 2 is 1.69 bits per heavy atom. The van der Waals surface area contributed by atoms with Crippen LogP contribution in [0.2, 0.25) is 0 Å². The largest absolute Gasteiger partial charge is 0.326 e. The van der Waals surface area contributed by atoms with Crippen LogP contribution < -0.4 is 10.6 Å². The van der Waals surface area contributed by atoms with Crippen LogP contribution in [0.25, 0.3) is 0 Å². The Bertz CT molecular complexity index is 1110. The number of carbonyl (C=O) groups excluding carboxylic acids is 2. The maximum atomic E-state index is 12.3. The van der Waals surface area contributed by atoms with E-state index in [9.17, 15) is 18.0 Å². The summed E-state index contributed by atoms with van der Waals surface area (Å²) in [6.07, 6.45) is -0.143. The minimum atomic E-state index is -3.45. The molecule has 0 aliphatic carbocycles. The van der Waals surface area contributed by atoms with Crippen LogP contribution >= 0.6 is 11.3 Å². The molecule has 0 fully saturated rings. The fraction of sp³-hybridized carbons (Fsp3) is 0.143. The van der Waals surface area contributed by atoms with Gasteiger partial charge in [-0.3, -0.25) is 9.59 Å². The molecule has 0 saturated carbocycles. The molecule has 0 spiro atoms. The third kappa shape index (κ3) is 5.75. The van der Waals surface area contributed by atoms with Gasteiger partial charge in [0.15, 0.2) is 9.84 Å². The Labute approximate surface area is 173 Å². The van der Waals surface area contributed by atoms with Gasteiger partial charge in [-0.05, 0) is 60.3 Å². The van der Waals surface area contributed by atoms with E-state index in [1.165, 1.54) is 6.07 Å². The second kappa shape index (κ2) is 9.02. The van der Waals surface area contributed by atoms with Crippen LogP contribution in [0.5, 0.6) is 0 Å². The Morgan fingerprint density at radius 3 is 2.34 bits per heavy atom. The van der Waals surface area contributed by atoms with Crippen LogP contribution in [-0.4, -0.2) is 26.0 Å². The number of benzene rings is 2. The Kier molecular flexibility index (Phi) is 6.46. The van der Waals surface area contributed by atoms with Crippen molar-refractivity contribution >= 4 is 44.4 Å². The second-order valence-corrected chi connectivity index (χ2v) is 9.73.